The smallest absolute Gasteiger partial charge is 0.143 e. The van der Waals surface area contributed by atoms with E-state index in [1.54, 1.807) is 36.4 Å². The van der Waals surface area contributed by atoms with Gasteiger partial charge in [-0.25, -0.2) is 4.39 Å². The highest BCUT2D eigenvalue weighted by Gasteiger charge is 2.11. The van der Waals surface area contributed by atoms with Gasteiger partial charge in [-0.1, -0.05) is 29.8 Å². The molecule has 0 amide bonds. The van der Waals surface area contributed by atoms with Gasteiger partial charge in [-0.15, -0.1) is 0 Å². The Kier molecular flexibility index (Phi) is 4.57. The third-order valence-corrected chi connectivity index (χ3v) is 3.12. The molecule has 1 atom stereocenters. The number of nitrogens with zero attached hydrogens (tertiary/aromatic N) is 1. The maximum atomic E-state index is 13.4. The molecule has 0 aliphatic carbocycles. The molecule has 0 aliphatic heterocycles. The van der Waals surface area contributed by atoms with Crippen LogP contribution < -0.4 is 5.32 Å². The van der Waals surface area contributed by atoms with Crippen LogP contribution in [0.4, 0.5) is 10.1 Å². The highest BCUT2D eigenvalue weighted by Crippen LogP contribution is 2.20. The molecule has 2 aromatic carbocycles. The Balaban J connectivity index is 2.07. The van der Waals surface area contributed by atoms with Gasteiger partial charge in [0.25, 0.3) is 0 Å². The molecule has 0 saturated carbocycles. The van der Waals surface area contributed by atoms with Crippen molar-refractivity contribution in [3.63, 3.8) is 0 Å². The Bertz CT molecular complexity index is 637. The second-order valence-corrected chi connectivity index (χ2v) is 4.66. The van der Waals surface area contributed by atoms with Gasteiger partial charge in [-0.3, -0.25) is 0 Å². The molecule has 0 fully saturated rings. The number of hydrogen-bond donors (Lipinski definition) is 2. The number of rotatable bonds is 4. The van der Waals surface area contributed by atoms with Crippen LogP contribution in [0, 0.1) is 17.1 Å². The molecule has 2 aromatic rings. The van der Waals surface area contributed by atoms with Crippen molar-refractivity contribution in [1.29, 1.82) is 5.26 Å². The maximum Gasteiger partial charge on any atom is 0.143 e. The Morgan fingerprint density at radius 3 is 2.60 bits per heavy atom. The van der Waals surface area contributed by atoms with Gasteiger partial charge in [0.15, 0.2) is 0 Å². The van der Waals surface area contributed by atoms with Crippen molar-refractivity contribution >= 4 is 17.3 Å². The van der Waals surface area contributed by atoms with Gasteiger partial charge in [0.2, 0.25) is 0 Å². The summed E-state index contributed by atoms with van der Waals surface area (Å²) >= 11 is 5.77. The number of nitriles is 1. The molecule has 0 spiro atoms. The van der Waals surface area contributed by atoms with Crippen LogP contribution in [-0.2, 0) is 0 Å². The summed E-state index contributed by atoms with van der Waals surface area (Å²) < 4.78 is 13.4. The van der Waals surface area contributed by atoms with Gasteiger partial charge in [-0.2, -0.15) is 5.26 Å². The van der Waals surface area contributed by atoms with Crippen molar-refractivity contribution in [2.24, 2.45) is 0 Å². The van der Waals surface area contributed by atoms with Crippen LogP contribution in [-0.4, -0.2) is 11.7 Å². The minimum absolute atomic E-state index is 0.0594. The number of halogens is 2. The van der Waals surface area contributed by atoms with Crippen LogP contribution in [0.5, 0.6) is 0 Å². The summed E-state index contributed by atoms with van der Waals surface area (Å²) in [4.78, 5) is 0. The molecule has 5 heteroatoms. The lowest BCUT2D eigenvalue weighted by atomic mass is 10.1. The van der Waals surface area contributed by atoms with Crippen molar-refractivity contribution < 1.29 is 9.50 Å². The third-order valence-electron chi connectivity index (χ3n) is 2.87. The van der Waals surface area contributed by atoms with Crippen LogP contribution in [0.3, 0.4) is 0 Å². The molecule has 0 radical (unpaired) electrons. The van der Waals surface area contributed by atoms with E-state index in [-0.39, 0.29) is 12.1 Å². The van der Waals surface area contributed by atoms with E-state index in [1.807, 2.05) is 0 Å². The standard InChI is InChI=1S/C15H12ClFN2O/c16-11-6-4-10(5-7-11)15(20)9-19-14-3-1-2-13(17)12(14)8-18/h1-7,15,19-20H,9H2. The maximum absolute atomic E-state index is 13.4. The van der Waals surface area contributed by atoms with Crippen LogP contribution in [0.1, 0.15) is 17.2 Å². The molecule has 0 heterocycles. The summed E-state index contributed by atoms with van der Waals surface area (Å²) in [6, 6.07) is 12.9. The molecule has 0 bridgehead atoms. The fourth-order valence-electron chi connectivity index (χ4n) is 1.79. The highest BCUT2D eigenvalue weighted by atomic mass is 35.5. The largest absolute Gasteiger partial charge is 0.387 e. The Morgan fingerprint density at radius 2 is 1.95 bits per heavy atom. The average molecular weight is 291 g/mol. The molecule has 2 rings (SSSR count). The van der Waals surface area contributed by atoms with E-state index >= 15 is 0 Å². The zero-order valence-corrected chi connectivity index (χ0v) is 11.2. The van der Waals surface area contributed by atoms with Gasteiger partial charge in [0.1, 0.15) is 17.4 Å². The third kappa shape index (κ3) is 3.27. The first-order chi connectivity index (χ1) is 9.61. The number of aliphatic hydroxyl groups is 1. The second-order valence-electron chi connectivity index (χ2n) is 4.22. The normalized spacial score (nSPS) is 11.7. The molecule has 2 N–H and O–H groups in total. The van der Waals surface area contributed by atoms with Crippen molar-refractivity contribution in [2.75, 3.05) is 11.9 Å². The minimum atomic E-state index is -0.776. The van der Waals surface area contributed by atoms with E-state index < -0.39 is 11.9 Å². The summed E-state index contributed by atoms with van der Waals surface area (Å²) in [5.74, 6) is -0.585. The Labute approximate surface area is 121 Å². The summed E-state index contributed by atoms with van der Waals surface area (Å²) in [7, 11) is 0. The van der Waals surface area contributed by atoms with E-state index in [1.165, 1.54) is 12.1 Å². The highest BCUT2D eigenvalue weighted by molar-refractivity contribution is 6.30. The monoisotopic (exact) mass is 290 g/mol. The van der Waals surface area contributed by atoms with Gasteiger partial charge >= 0.3 is 0 Å². The fourth-order valence-corrected chi connectivity index (χ4v) is 1.92. The van der Waals surface area contributed by atoms with Gasteiger partial charge in [0, 0.05) is 11.6 Å². The molecule has 3 nitrogen and oxygen atoms in total. The van der Waals surface area contributed by atoms with Crippen LogP contribution >= 0.6 is 11.6 Å². The predicted molar refractivity (Wildman–Crippen MR) is 76.0 cm³/mol. The Hall–Kier alpha value is -2.09. The summed E-state index contributed by atoms with van der Waals surface area (Å²) in [5.41, 5.74) is 0.994. The number of anilines is 1. The first-order valence-corrected chi connectivity index (χ1v) is 6.35. The first-order valence-electron chi connectivity index (χ1n) is 5.98. The van der Waals surface area contributed by atoms with Crippen molar-refractivity contribution in [1.82, 2.24) is 0 Å². The summed E-state index contributed by atoms with van der Waals surface area (Å²) in [6.07, 6.45) is -0.776. The SMILES string of the molecule is N#Cc1c(F)cccc1NCC(O)c1ccc(Cl)cc1. The topological polar surface area (TPSA) is 56.0 Å². The lowest BCUT2D eigenvalue weighted by Gasteiger charge is -2.14. The molecule has 20 heavy (non-hydrogen) atoms. The molecule has 0 aromatic heterocycles. The van der Waals surface area contributed by atoms with Crippen molar-refractivity contribution in [2.45, 2.75) is 6.10 Å². The molecule has 0 saturated heterocycles. The molecule has 0 aliphatic rings. The minimum Gasteiger partial charge on any atom is -0.387 e. The van der Waals surface area contributed by atoms with E-state index in [0.717, 1.165) is 0 Å². The lowest BCUT2D eigenvalue weighted by molar-refractivity contribution is 0.191. The predicted octanol–water partition coefficient (Wildman–Crippen LogP) is 3.50. The molecular weight excluding hydrogens is 279 g/mol. The lowest BCUT2D eigenvalue weighted by Crippen LogP contribution is -2.13. The zero-order valence-electron chi connectivity index (χ0n) is 10.5. The molecule has 102 valence electrons. The average Bonchev–Trinajstić information content (AvgIpc) is 2.45. The van der Waals surface area contributed by atoms with Gasteiger partial charge < -0.3 is 10.4 Å². The van der Waals surface area contributed by atoms with Gasteiger partial charge in [-0.05, 0) is 29.8 Å². The van der Waals surface area contributed by atoms with Crippen LogP contribution in [0.25, 0.3) is 0 Å². The van der Waals surface area contributed by atoms with Crippen molar-refractivity contribution in [3.8, 4) is 6.07 Å². The van der Waals surface area contributed by atoms with E-state index in [4.69, 9.17) is 16.9 Å². The van der Waals surface area contributed by atoms with Crippen molar-refractivity contribution in [3.05, 3.63) is 64.4 Å². The van der Waals surface area contributed by atoms with E-state index in [0.29, 0.717) is 16.3 Å². The van der Waals surface area contributed by atoms with Crippen LogP contribution in [0.15, 0.2) is 42.5 Å². The summed E-state index contributed by atoms with van der Waals surface area (Å²) in [6.45, 7) is 0.166. The summed E-state index contributed by atoms with van der Waals surface area (Å²) in [5, 5.41) is 22.4. The number of benzene rings is 2. The number of nitrogens with one attached hydrogen (secondary N) is 1. The zero-order chi connectivity index (χ0) is 14.5. The number of aliphatic hydroxyl groups excluding tert-OH is 1. The van der Waals surface area contributed by atoms with Crippen LogP contribution in [0.2, 0.25) is 5.02 Å². The quantitative estimate of drug-likeness (QED) is 0.906. The second kappa shape index (κ2) is 6.38. The molecular formula is C15H12ClFN2O. The van der Waals surface area contributed by atoms with E-state index in [2.05, 4.69) is 5.32 Å². The van der Waals surface area contributed by atoms with E-state index in [9.17, 15) is 9.50 Å². The first kappa shape index (κ1) is 14.3. The molecule has 1 unspecified atom stereocenters. The Morgan fingerprint density at radius 1 is 1.25 bits per heavy atom. The van der Waals surface area contributed by atoms with Gasteiger partial charge in [0.05, 0.1) is 11.8 Å². The fraction of sp³-hybridized carbons (Fsp3) is 0.133. The number of hydrogen-bond acceptors (Lipinski definition) is 3.